The van der Waals surface area contributed by atoms with Gasteiger partial charge in [-0.3, -0.25) is 4.79 Å². The van der Waals surface area contributed by atoms with Gasteiger partial charge in [0.05, 0.1) is 17.5 Å². The highest BCUT2D eigenvalue weighted by atomic mass is 16.7. The van der Waals surface area contributed by atoms with Crippen LogP contribution < -0.4 is 5.32 Å². The van der Waals surface area contributed by atoms with Crippen molar-refractivity contribution in [2.45, 2.75) is 64.7 Å². The molecule has 0 aromatic heterocycles. The van der Waals surface area contributed by atoms with E-state index in [1.54, 1.807) is 6.08 Å². The number of hydrogen-bond acceptors (Lipinski definition) is 5. The maximum absolute atomic E-state index is 11.9. The first-order chi connectivity index (χ1) is 12.5. The van der Waals surface area contributed by atoms with Crippen LogP contribution in [0.15, 0.2) is 47.7 Å². The normalized spacial score (nSPS) is 32.6. The first kappa shape index (κ1) is 17.4. The summed E-state index contributed by atoms with van der Waals surface area (Å²) in [6.07, 6.45) is 13.3. The monoisotopic (exact) mass is 356 g/mol. The first-order valence-electron chi connectivity index (χ1n) is 9.66. The molecule has 4 rings (SSSR count). The molecule has 2 atom stereocenters. The predicted molar refractivity (Wildman–Crippen MR) is 99.2 cm³/mol. The number of allylic oxidation sites excluding steroid dienone is 4. The van der Waals surface area contributed by atoms with Gasteiger partial charge in [0.1, 0.15) is 5.76 Å². The Labute approximate surface area is 155 Å². The zero-order valence-corrected chi connectivity index (χ0v) is 15.8. The van der Waals surface area contributed by atoms with Crippen molar-refractivity contribution in [1.82, 2.24) is 10.2 Å². The van der Waals surface area contributed by atoms with Gasteiger partial charge in [0.2, 0.25) is 0 Å². The molecule has 1 spiro atoms. The number of nitrogens with one attached hydrogen (secondary N) is 1. The Morgan fingerprint density at radius 3 is 3.08 bits per heavy atom. The average molecular weight is 356 g/mol. The Bertz CT molecular complexity index is 736. The molecular formula is C21H28N2O3. The van der Waals surface area contributed by atoms with Crippen LogP contribution in [0.3, 0.4) is 0 Å². The van der Waals surface area contributed by atoms with Crippen molar-refractivity contribution in [3.05, 3.63) is 47.7 Å². The topological polar surface area (TPSA) is 50.8 Å². The van der Waals surface area contributed by atoms with Crippen LogP contribution in [0.2, 0.25) is 0 Å². The number of carbonyl (C=O) groups excluding carboxylic acids is 1. The summed E-state index contributed by atoms with van der Waals surface area (Å²) in [6.45, 7) is 7.97. The van der Waals surface area contributed by atoms with Gasteiger partial charge in [-0.2, -0.15) is 0 Å². The Kier molecular flexibility index (Phi) is 4.22. The lowest BCUT2D eigenvalue weighted by Crippen LogP contribution is -2.49. The Morgan fingerprint density at radius 1 is 1.46 bits per heavy atom. The van der Waals surface area contributed by atoms with Crippen LogP contribution in [-0.4, -0.2) is 23.3 Å². The second-order valence-electron chi connectivity index (χ2n) is 7.72. The number of esters is 1. The van der Waals surface area contributed by atoms with Gasteiger partial charge in [-0.1, -0.05) is 18.6 Å². The molecule has 1 N–H and O–H groups in total. The van der Waals surface area contributed by atoms with Crippen molar-refractivity contribution in [2.75, 3.05) is 6.54 Å². The van der Waals surface area contributed by atoms with Crippen LogP contribution in [0.25, 0.3) is 0 Å². The van der Waals surface area contributed by atoms with E-state index in [2.05, 4.69) is 36.0 Å². The molecule has 26 heavy (non-hydrogen) atoms. The second kappa shape index (κ2) is 6.31. The summed E-state index contributed by atoms with van der Waals surface area (Å²) < 4.78 is 12.3. The molecule has 5 heteroatoms. The number of rotatable bonds is 4. The molecule has 0 aromatic rings. The van der Waals surface area contributed by atoms with Crippen molar-refractivity contribution in [3.8, 4) is 0 Å². The molecule has 0 radical (unpaired) electrons. The van der Waals surface area contributed by atoms with Gasteiger partial charge in [0.15, 0.2) is 0 Å². The number of nitrogens with zero attached hydrogens (tertiary/aromatic N) is 1. The quantitative estimate of drug-likeness (QED) is 0.467. The van der Waals surface area contributed by atoms with E-state index >= 15 is 0 Å². The molecule has 140 valence electrons. The highest BCUT2D eigenvalue weighted by Gasteiger charge is 2.61. The van der Waals surface area contributed by atoms with Crippen LogP contribution >= 0.6 is 0 Å². The largest absolute Gasteiger partial charge is 0.441 e. The van der Waals surface area contributed by atoms with Crippen LogP contribution in [0.1, 0.15) is 58.8 Å². The van der Waals surface area contributed by atoms with Crippen molar-refractivity contribution >= 4 is 5.97 Å². The summed E-state index contributed by atoms with van der Waals surface area (Å²) in [5.74, 6) is -0.428. The van der Waals surface area contributed by atoms with E-state index in [0.717, 1.165) is 31.4 Å². The van der Waals surface area contributed by atoms with Gasteiger partial charge < -0.3 is 14.4 Å². The average Bonchev–Trinajstić information content (AvgIpc) is 2.94. The smallest absolute Gasteiger partial charge is 0.316 e. The van der Waals surface area contributed by atoms with Crippen LogP contribution in [0.4, 0.5) is 0 Å². The molecule has 0 bridgehead atoms. The van der Waals surface area contributed by atoms with Gasteiger partial charge in [-0.15, -0.1) is 6.58 Å². The van der Waals surface area contributed by atoms with Crippen molar-refractivity contribution < 1.29 is 14.3 Å². The minimum absolute atomic E-state index is 0.150. The molecule has 1 saturated carbocycles. The fourth-order valence-corrected chi connectivity index (χ4v) is 5.15. The van der Waals surface area contributed by atoms with Crippen molar-refractivity contribution in [3.63, 3.8) is 0 Å². The Balaban J connectivity index is 1.84. The van der Waals surface area contributed by atoms with E-state index in [9.17, 15) is 4.79 Å². The highest BCUT2D eigenvalue weighted by Crippen LogP contribution is 2.62. The zero-order valence-electron chi connectivity index (χ0n) is 15.8. The molecular weight excluding hydrogens is 328 g/mol. The molecule has 2 unspecified atom stereocenters. The molecule has 0 aromatic carbocycles. The molecule has 3 aliphatic heterocycles. The third-order valence-electron chi connectivity index (χ3n) is 6.07. The standard InChI is InChI=1S/C21H28N2O3/c1-4-12-22-21(25-16(3)24)14-20-11-7-5-9-17(20)15(2)23-13-8-6-10-18(23)19(20)26-21/h4,8,13,22H,1,5-7,9-12,14H2,2-3H3. The van der Waals surface area contributed by atoms with Gasteiger partial charge in [-0.25, -0.2) is 5.32 Å². The minimum atomic E-state index is -1.11. The fraction of sp³-hybridized carbons (Fsp3) is 0.571. The second-order valence-corrected chi connectivity index (χ2v) is 7.72. The molecule has 3 heterocycles. The molecule has 1 aliphatic carbocycles. The van der Waals surface area contributed by atoms with Gasteiger partial charge in [0, 0.05) is 25.4 Å². The van der Waals surface area contributed by atoms with Crippen LogP contribution in [0.5, 0.6) is 0 Å². The molecule has 1 saturated heterocycles. The van der Waals surface area contributed by atoms with E-state index < -0.39 is 5.91 Å². The van der Waals surface area contributed by atoms with E-state index in [4.69, 9.17) is 9.47 Å². The van der Waals surface area contributed by atoms with Gasteiger partial charge in [0.25, 0.3) is 0 Å². The van der Waals surface area contributed by atoms with E-state index in [-0.39, 0.29) is 11.4 Å². The maximum atomic E-state index is 11.9. The highest BCUT2D eigenvalue weighted by molar-refractivity contribution is 5.66. The Hall–Kier alpha value is -2.01. The number of fused-ring (bicyclic) bond motifs is 1. The first-order valence-corrected chi connectivity index (χ1v) is 9.66. The fourth-order valence-electron chi connectivity index (χ4n) is 5.15. The molecule has 5 nitrogen and oxygen atoms in total. The van der Waals surface area contributed by atoms with Crippen LogP contribution in [-0.2, 0) is 14.3 Å². The number of carbonyl (C=O) groups is 1. The molecule has 2 fully saturated rings. The summed E-state index contributed by atoms with van der Waals surface area (Å²) in [5, 5.41) is 3.29. The van der Waals surface area contributed by atoms with E-state index in [0.29, 0.717) is 13.0 Å². The van der Waals surface area contributed by atoms with Crippen molar-refractivity contribution in [2.24, 2.45) is 5.41 Å². The minimum Gasteiger partial charge on any atom is -0.441 e. The molecule has 0 amide bonds. The number of ether oxygens (including phenoxy) is 2. The van der Waals surface area contributed by atoms with Gasteiger partial charge in [-0.05, 0) is 44.6 Å². The summed E-state index contributed by atoms with van der Waals surface area (Å²) >= 11 is 0. The van der Waals surface area contributed by atoms with Crippen molar-refractivity contribution in [1.29, 1.82) is 0 Å². The van der Waals surface area contributed by atoms with E-state index in [1.807, 2.05) is 0 Å². The Morgan fingerprint density at radius 2 is 2.31 bits per heavy atom. The summed E-state index contributed by atoms with van der Waals surface area (Å²) in [7, 11) is 0. The number of hydrogen-bond donors (Lipinski definition) is 1. The van der Waals surface area contributed by atoms with Gasteiger partial charge >= 0.3 is 11.9 Å². The molecule has 4 aliphatic rings. The summed E-state index contributed by atoms with van der Waals surface area (Å²) in [6, 6.07) is 0. The lowest BCUT2D eigenvalue weighted by molar-refractivity contribution is -0.215. The maximum Gasteiger partial charge on any atom is 0.316 e. The third-order valence-corrected chi connectivity index (χ3v) is 6.07. The lowest BCUT2D eigenvalue weighted by Gasteiger charge is -2.45. The summed E-state index contributed by atoms with van der Waals surface area (Å²) in [5.41, 5.74) is 3.85. The predicted octanol–water partition coefficient (Wildman–Crippen LogP) is 4.07. The van der Waals surface area contributed by atoms with Crippen LogP contribution in [0, 0.1) is 5.41 Å². The van der Waals surface area contributed by atoms with E-state index in [1.165, 1.54) is 36.7 Å². The lowest BCUT2D eigenvalue weighted by atomic mass is 9.64. The SMILES string of the molecule is C=CCNC1(OC(C)=O)CC23CCCCC2=C(C)N2C=CCCC2=C3O1. The zero-order chi connectivity index (χ0) is 18.4. The summed E-state index contributed by atoms with van der Waals surface area (Å²) in [4.78, 5) is 14.1. The third kappa shape index (κ3) is 2.52.